The maximum Gasteiger partial charge on any atom is 0.291 e. The van der Waals surface area contributed by atoms with Crippen LogP contribution >= 0.6 is 11.6 Å². The van der Waals surface area contributed by atoms with E-state index < -0.39 is 11.7 Å². The molecule has 3 rings (SSSR count). The van der Waals surface area contributed by atoms with Gasteiger partial charge in [-0.2, -0.15) is 0 Å². The number of amides is 1. The summed E-state index contributed by atoms with van der Waals surface area (Å²) in [6, 6.07) is 9.05. The topological polar surface area (TPSA) is 55.1 Å². The van der Waals surface area contributed by atoms with E-state index in [0.29, 0.717) is 16.8 Å². The molecule has 0 bridgehead atoms. The molecule has 1 aromatic carbocycles. The lowest BCUT2D eigenvalue weighted by Gasteiger charge is -2.03. The Morgan fingerprint density at radius 1 is 1.29 bits per heavy atom. The number of halogens is 2. The molecule has 1 amide bonds. The van der Waals surface area contributed by atoms with Crippen molar-refractivity contribution in [2.75, 3.05) is 5.32 Å². The number of nitrogens with one attached hydrogen (secondary N) is 1. The third-order valence-corrected chi connectivity index (χ3v) is 3.20. The van der Waals surface area contributed by atoms with Crippen LogP contribution in [0.3, 0.4) is 0 Å². The van der Waals surface area contributed by atoms with Gasteiger partial charge >= 0.3 is 0 Å². The summed E-state index contributed by atoms with van der Waals surface area (Å²) in [5.74, 6) is -0.866. The van der Waals surface area contributed by atoms with Crippen LogP contribution in [-0.2, 0) is 0 Å². The number of carbonyl (C=O) groups is 1. The van der Waals surface area contributed by atoms with Crippen molar-refractivity contribution in [1.82, 2.24) is 4.98 Å². The van der Waals surface area contributed by atoms with Gasteiger partial charge in [-0.15, -0.1) is 0 Å². The molecule has 0 unspecified atom stereocenters. The Morgan fingerprint density at radius 3 is 2.86 bits per heavy atom. The Balaban J connectivity index is 1.87. The Labute approximate surface area is 124 Å². The molecule has 2 aromatic heterocycles. The first-order valence-corrected chi connectivity index (χ1v) is 6.54. The summed E-state index contributed by atoms with van der Waals surface area (Å²) in [5.41, 5.74) is 2.36. The van der Waals surface area contributed by atoms with Crippen molar-refractivity contribution in [3.05, 3.63) is 58.7 Å². The fourth-order valence-electron chi connectivity index (χ4n) is 1.90. The number of rotatable bonds is 2. The normalized spacial score (nSPS) is 10.8. The van der Waals surface area contributed by atoms with E-state index in [1.54, 1.807) is 18.2 Å². The van der Waals surface area contributed by atoms with Crippen LogP contribution in [-0.4, -0.2) is 10.9 Å². The summed E-state index contributed by atoms with van der Waals surface area (Å²) in [4.78, 5) is 16.4. The zero-order valence-corrected chi connectivity index (χ0v) is 11.7. The molecular formula is C15H10ClFN2O2. The number of carbonyl (C=O) groups excluding carboxylic acids is 1. The van der Waals surface area contributed by atoms with Gasteiger partial charge in [0, 0.05) is 17.4 Å². The van der Waals surface area contributed by atoms with Crippen molar-refractivity contribution in [3.63, 3.8) is 0 Å². The van der Waals surface area contributed by atoms with E-state index in [9.17, 15) is 9.18 Å². The highest BCUT2D eigenvalue weighted by Crippen LogP contribution is 2.22. The lowest BCUT2D eigenvalue weighted by atomic mass is 10.3. The van der Waals surface area contributed by atoms with Crippen LogP contribution < -0.4 is 5.32 Å². The van der Waals surface area contributed by atoms with E-state index >= 15 is 0 Å². The second kappa shape index (κ2) is 5.18. The largest absolute Gasteiger partial charge is 0.449 e. The maximum absolute atomic E-state index is 13.1. The molecule has 2 heterocycles. The molecule has 1 N–H and O–H groups in total. The molecule has 0 atom stereocenters. The van der Waals surface area contributed by atoms with Gasteiger partial charge in [0.25, 0.3) is 5.91 Å². The Bertz CT molecular complexity index is 845. The average Bonchev–Trinajstić information content (AvgIpc) is 2.86. The number of aryl methyl sites for hydroxylation is 1. The second-order valence-corrected chi connectivity index (χ2v) is 4.94. The van der Waals surface area contributed by atoms with Crippen LogP contribution in [0.5, 0.6) is 0 Å². The van der Waals surface area contributed by atoms with Crippen LogP contribution in [0.15, 0.2) is 40.8 Å². The van der Waals surface area contributed by atoms with E-state index in [2.05, 4.69) is 10.3 Å². The van der Waals surface area contributed by atoms with Crippen molar-refractivity contribution in [1.29, 1.82) is 0 Å². The average molecular weight is 305 g/mol. The molecule has 0 fully saturated rings. The van der Waals surface area contributed by atoms with Crippen LogP contribution in [0, 0.1) is 12.7 Å². The van der Waals surface area contributed by atoms with Crippen molar-refractivity contribution in [2.24, 2.45) is 0 Å². The SMILES string of the molecule is Cc1ccc2oc(C(=O)Nc3ccc(F)c(Cl)c3)cc2n1. The molecular weight excluding hydrogens is 295 g/mol. The number of aromatic nitrogens is 1. The van der Waals surface area contributed by atoms with Crippen LogP contribution in [0.2, 0.25) is 5.02 Å². The summed E-state index contributed by atoms with van der Waals surface area (Å²) in [6.07, 6.45) is 0. The molecule has 0 aliphatic heterocycles. The van der Waals surface area contributed by atoms with Gasteiger partial charge in [-0.05, 0) is 37.3 Å². The highest BCUT2D eigenvalue weighted by molar-refractivity contribution is 6.31. The van der Waals surface area contributed by atoms with Gasteiger partial charge in [0.05, 0.1) is 5.02 Å². The zero-order valence-electron chi connectivity index (χ0n) is 11.0. The standard InChI is InChI=1S/C15H10ClFN2O2/c1-8-2-5-13-12(18-8)7-14(21-13)15(20)19-9-3-4-11(17)10(16)6-9/h2-7H,1H3,(H,19,20). The monoisotopic (exact) mass is 304 g/mol. The van der Waals surface area contributed by atoms with Gasteiger partial charge in [-0.3, -0.25) is 4.79 Å². The van der Waals surface area contributed by atoms with E-state index in [1.165, 1.54) is 18.2 Å². The van der Waals surface area contributed by atoms with E-state index in [4.69, 9.17) is 16.0 Å². The third-order valence-electron chi connectivity index (χ3n) is 2.91. The number of fused-ring (bicyclic) bond motifs is 1. The summed E-state index contributed by atoms with van der Waals surface area (Å²) in [6.45, 7) is 1.85. The predicted molar refractivity (Wildman–Crippen MR) is 78.1 cm³/mol. The number of hydrogen-bond donors (Lipinski definition) is 1. The molecule has 0 saturated carbocycles. The molecule has 0 aliphatic carbocycles. The third kappa shape index (κ3) is 2.73. The summed E-state index contributed by atoms with van der Waals surface area (Å²) >= 11 is 5.67. The summed E-state index contributed by atoms with van der Waals surface area (Å²) in [5, 5.41) is 2.53. The van der Waals surface area contributed by atoms with Gasteiger partial charge < -0.3 is 9.73 Å². The van der Waals surface area contributed by atoms with Crippen LogP contribution in [0.1, 0.15) is 16.2 Å². The number of hydrogen-bond acceptors (Lipinski definition) is 3. The van der Waals surface area contributed by atoms with Gasteiger partial charge in [-0.1, -0.05) is 11.6 Å². The zero-order chi connectivity index (χ0) is 15.0. The molecule has 3 aromatic rings. The van der Waals surface area contributed by atoms with E-state index in [1.807, 2.05) is 6.92 Å². The predicted octanol–water partition coefficient (Wildman–Crippen LogP) is 4.18. The van der Waals surface area contributed by atoms with Crippen LogP contribution in [0.25, 0.3) is 11.1 Å². The lowest BCUT2D eigenvalue weighted by Crippen LogP contribution is -2.10. The Morgan fingerprint density at radius 2 is 2.10 bits per heavy atom. The first kappa shape index (κ1) is 13.6. The van der Waals surface area contributed by atoms with Gasteiger partial charge in [0.2, 0.25) is 0 Å². The summed E-state index contributed by atoms with van der Waals surface area (Å²) < 4.78 is 18.5. The minimum Gasteiger partial charge on any atom is -0.449 e. The maximum atomic E-state index is 13.1. The van der Waals surface area contributed by atoms with E-state index in [-0.39, 0.29) is 10.8 Å². The number of furan rings is 1. The van der Waals surface area contributed by atoms with Crippen molar-refractivity contribution >= 4 is 34.3 Å². The van der Waals surface area contributed by atoms with Gasteiger partial charge in [-0.25, -0.2) is 9.37 Å². The molecule has 0 radical (unpaired) electrons. The number of pyridine rings is 1. The number of nitrogens with zero attached hydrogens (tertiary/aromatic N) is 1. The van der Waals surface area contributed by atoms with Gasteiger partial charge in [0.15, 0.2) is 11.3 Å². The van der Waals surface area contributed by atoms with Crippen molar-refractivity contribution in [2.45, 2.75) is 6.92 Å². The number of anilines is 1. The highest BCUT2D eigenvalue weighted by atomic mass is 35.5. The molecule has 0 spiro atoms. The first-order chi connectivity index (χ1) is 10.0. The Kier molecular flexibility index (Phi) is 3.35. The fraction of sp³-hybridized carbons (Fsp3) is 0.0667. The quantitative estimate of drug-likeness (QED) is 0.772. The second-order valence-electron chi connectivity index (χ2n) is 4.53. The van der Waals surface area contributed by atoms with Gasteiger partial charge in [0.1, 0.15) is 11.3 Å². The van der Waals surface area contributed by atoms with Crippen molar-refractivity contribution in [3.8, 4) is 0 Å². The molecule has 106 valence electrons. The molecule has 0 saturated heterocycles. The van der Waals surface area contributed by atoms with E-state index in [0.717, 1.165) is 5.69 Å². The molecule has 4 nitrogen and oxygen atoms in total. The minimum absolute atomic E-state index is 0.0605. The fourth-order valence-corrected chi connectivity index (χ4v) is 2.08. The Hall–Kier alpha value is -2.40. The molecule has 0 aliphatic rings. The van der Waals surface area contributed by atoms with Crippen molar-refractivity contribution < 1.29 is 13.6 Å². The summed E-state index contributed by atoms with van der Waals surface area (Å²) in [7, 11) is 0. The minimum atomic E-state index is -0.543. The molecule has 6 heteroatoms. The highest BCUT2D eigenvalue weighted by Gasteiger charge is 2.14. The lowest BCUT2D eigenvalue weighted by molar-refractivity contribution is 0.0998. The first-order valence-electron chi connectivity index (χ1n) is 6.16. The molecule has 21 heavy (non-hydrogen) atoms. The number of benzene rings is 1. The van der Waals surface area contributed by atoms with Crippen LogP contribution in [0.4, 0.5) is 10.1 Å². The smallest absolute Gasteiger partial charge is 0.291 e.